The Labute approximate surface area is 118 Å². The zero-order valence-electron chi connectivity index (χ0n) is 11.6. The third-order valence-corrected chi connectivity index (χ3v) is 3.32. The Morgan fingerprint density at radius 1 is 1.30 bits per heavy atom. The number of benzene rings is 1. The van der Waals surface area contributed by atoms with Crippen LogP contribution in [0.1, 0.15) is 34.3 Å². The van der Waals surface area contributed by atoms with Gasteiger partial charge in [-0.25, -0.2) is 9.78 Å². The molecule has 1 atom stereocenters. The number of anilines is 1. The third kappa shape index (κ3) is 3.15. The molecular weight excluding hydrogens is 252 g/mol. The molecule has 0 aliphatic heterocycles. The average molecular weight is 270 g/mol. The van der Waals surface area contributed by atoms with Gasteiger partial charge in [-0.2, -0.15) is 0 Å². The highest BCUT2D eigenvalue weighted by Crippen LogP contribution is 2.19. The summed E-state index contributed by atoms with van der Waals surface area (Å²) in [5, 5.41) is 12.4. The molecule has 0 aliphatic rings. The van der Waals surface area contributed by atoms with Crippen molar-refractivity contribution in [2.75, 3.05) is 11.9 Å². The van der Waals surface area contributed by atoms with Gasteiger partial charge < -0.3 is 10.4 Å². The van der Waals surface area contributed by atoms with Crippen molar-refractivity contribution >= 4 is 11.8 Å². The number of aryl methyl sites for hydroxylation is 1. The second-order valence-corrected chi connectivity index (χ2v) is 4.85. The molecule has 0 bridgehead atoms. The van der Waals surface area contributed by atoms with Crippen molar-refractivity contribution in [3.8, 4) is 0 Å². The molecule has 20 heavy (non-hydrogen) atoms. The Hall–Kier alpha value is -2.36. The van der Waals surface area contributed by atoms with Gasteiger partial charge in [0.2, 0.25) is 0 Å². The summed E-state index contributed by atoms with van der Waals surface area (Å²) < 4.78 is 0. The van der Waals surface area contributed by atoms with Crippen LogP contribution in [-0.4, -0.2) is 22.6 Å². The molecule has 4 nitrogen and oxygen atoms in total. The minimum absolute atomic E-state index is 0.243. The molecule has 1 aromatic carbocycles. The Balaban J connectivity index is 2.12. The summed E-state index contributed by atoms with van der Waals surface area (Å²) in [5.74, 6) is -0.245. The van der Waals surface area contributed by atoms with E-state index in [2.05, 4.69) is 29.4 Å². The van der Waals surface area contributed by atoms with Gasteiger partial charge in [-0.15, -0.1) is 0 Å². The fourth-order valence-corrected chi connectivity index (χ4v) is 2.11. The number of carboxylic acid groups (broad SMARTS) is 1. The molecule has 2 aromatic rings. The van der Waals surface area contributed by atoms with Crippen LogP contribution < -0.4 is 5.32 Å². The number of aromatic carboxylic acids is 1. The Kier molecular flexibility index (Phi) is 4.35. The molecule has 1 aromatic heterocycles. The number of carbonyl (C=O) groups is 1. The van der Waals surface area contributed by atoms with E-state index in [0.717, 1.165) is 0 Å². The van der Waals surface area contributed by atoms with Crippen LogP contribution in [0.3, 0.4) is 0 Å². The van der Waals surface area contributed by atoms with Gasteiger partial charge in [0.1, 0.15) is 11.4 Å². The smallest absolute Gasteiger partial charge is 0.339 e. The summed E-state index contributed by atoms with van der Waals surface area (Å²) in [6.07, 6.45) is 1.62. The van der Waals surface area contributed by atoms with Gasteiger partial charge >= 0.3 is 5.97 Å². The van der Waals surface area contributed by atoms with E-state index in [1.807, 2.05) is 18.2 Å². The van der Waals surface area contributed by atoms with Gasteiger partial charge in [0.15, 0.2) is 0 Å². The van der Waals surface area contributed by atoms with Crippen LogP contribution in [0.5, 0.6) is 0 Å². The van der Waals surface area contributed by atoms with Crippen molar-refractivity contribution < 1.29 is 9.90 Å². The first-order chi connectivity index (χ1) is 9.59. The monoisotopic (exact) mass is 270 g/mol. The van der Waals surface area contributed by atoms with Gasteiger partial charge in [0, 0.05) is 12.7 Å². The fraction of sp³-hybridized carbons (Fsp3) is 0.250. The number of aromatic nitrogens is 1. The first-order valence-electron chi connectivity index (χ1n) is 6.57. The summed E-state index contributed by atoms with van der Waals surface area (Å²) in [4.78, 5) is 15.4. The minimum atomic E-state index is -0.953. The van der Waals surface area contributed by atoms with Crippen LogP contribution in [0, 0.1) is 6.92 Å². The van der Waals surface area contributed by atoms with Crippen molar-refractivity contribution in [1.82, 2.24) is 4.98 Å². The summed E-state index contributed by atoms with van der Waals surface area (Å²) in [6.45, 7) is 4.51. The van der Waals surface area contributed by atoms with Crippen LogP contribution in [0.15, 0.2) is 42.6 Å². The molecule has 4 heteroatoms. The molecule has 0 amide bonds. The average Bonchev–Trinajstić information content (AvgIpc) is 2.45. The normalized spacial score (nSPS) is 11.9. The van der Waals surface area contributed by atoms with Crippen LogP contribution in [0.4, 0.5) is 5.82 Å². The van der Waals surface area contributed by atoms with Crippen molar-refractivity contribution in [3.05, 3.63) is 59.3 Å². The zero-order valence-corrected chi connectivity index (χ0v) is 11.6. The van der Waals surface area contributed by atoms with E-state index in [1.165, 1.54) is 5.56 Å². The standard InChI is InChI=1S/C16H18N2O2/c1-11-8-9-17-15(14(11)16(19)20)18-10-12(2)13-6-4-3-5-7-13/h3-9,12H,10H2,1-2H3,(H,17,18)(H,19,20). The van der Waals surface area contributed by atoms with Crippen LogP contribution in [0.2, 0.25) is 0 Å². The summed E-state index contributed by atoms with van der Waals surface area (Å²) >= 11 is 0. The predicted octanol–water partition coefficient (Wildman–Crippen LogP) is 3.30. The number of rotatable bonds is 5. The summed E-state index contributed by atoms with van der Waals surface area (Å²) in [6, 6.07) is 11.8. The molecule has 0 aliphatic carbocycles. The van der Waals surface area contributed by atoms with Crippen molar-refractivity contribution in [2.24, 2.45) is 0 Å². The maximum Gasteiger partial charge on any atom is 0.339 e. The third-order valence-electron chi connectivity index (χ3n) is 3.32. The van der Waals surface area contributed by atoms with E-state index in [1.54, 1.807) is 19.2 Å². The zero-order chi connectivity index (χ0) is 14.5. The van der Waals surface area contributed by atoms with E-state index < -0.39 is 5.97 Å². The molecule has 104 valence electrons. The number of pyridine rings is 1. The van der Waals surface area contributed by atoms with Crippen LogP contribution >= 0.6 is 0 Å². The maximum atomic E-state index is 11.3. The van der Waals surface area contributed by atoms with Crippen LogP contribution in [-0.2, 0) is 0 Å². The molecule has 0 radical (unpaired) electrons. The molecule has 2 N–H and O–H groups in total. The van der Waals surface area contributed by atoms with Gasteiger partial charge in [0.05, 0.1) is 0 Å². The quantitative estimate of drug-likeness (QED) is 0.875. The number of nitrogens with zero attached hydrogens (tertiary/aromatic N) is 1. The molecular formula is C16H18N2O2. The highest BCUT2D eigenvalue weighted by atomic mass is 16.4. The molecule has 0 fully saturated rings. The Morgan fingerprint density at radius 3 is 2.65 bits per heavy atom. The lowest BCUT2D eigenvalue weighted by Crippen LogP contribution is -2.14. The molecule has 0 saturated heterocycles. The Bertz CT molecular complexity index is 597. The van der Waals surface area contributed by atoms with Crippen molar-refractivity contribution in [2.45, 2.75) is 19.8 Å². The summed E-state index contributed by atoms with van der Waals surface area (Å²) in [7, 11) is 0. The maximum absolute atomic E-state index is 11.3. The SMILES string of the molecule is Cc1ccnc(NCC(C)c2ccccc2)c1C(=O)O. The number of carboxylic acids is 1. The highest BCUT2D eigenvalue weighted by molar-refractivity contribution is 5.94. The number of hydrogen-bond donors (Lipinski definition) is 2. The first kappa shape index (κ1) is 14.1. The fourth-order valence-electron chi connectivity index (χ4n) is 2.11. The number of hydrogen-bond acceptors (Lipinski definition) is 3. The lowest BCUT2D eigenvalue weighted by Gasteiger charge is -2.15. The highest BCUT2D eigenvalue weighted by Gasteiger charge is 2.15. The molecule has 1 unspecified atom stereocenters. The Morgan fingerprint density at radius 2 is 2.00 bits per heavy atom. The van der Waals surface area contributed by atoms with Gasteiger partial charge in [0.25, 0.3) is 0 Å². The van der Waals surface area contributed by atoms with Gasteiger partial charge in [-0.05, 0) is 30.0 Å². The minimum Gasteiger partial charge on any atom is -0.478 e. The van der Waals surface area contributed by atoms with Crippen molar-refractivity contribution in [1.29, 1.82) is 0 Å². The van der Waals surface area contributed by atoms with Crippen LogP contribution in [0.25, 0.3) is 0 Å². The van der Waals surface area contributed by atoms with E-state index in [0.29, 0.717) is 17.9 Å². The van der Waals surface area contributed by atoms with E-state index in [4.69, 9.17) is 0 Å². The van der Waals surface area contributed by atoms with Crippen molar-refractivity contribution in [3.63, 3.8) is 0 Å². The molecule has 0 spiro atoms. The summed E-state index contributed by atoms with van der Waals surface area (Å²) in [5.41, 5.74) is 2.17. The lowest BCUT2D eigenvalue weighted by molar-refractivity contribution is 0.0697. The van der Waals surface area contributed by atoms with Gasteiger partial charge in [-0.1, -0.05) is 37.3 Å². The molecule has 1 heterocycles. The number of nitrogens with one attached hydrogen (secondary N) is 1. The van der Waals surface area contributed by atoms with Gasteiger partial charge in [-0.3, -0.25) is 0 Å². The van der Waals surface area contributed by atoms with E-state index in [-0.39, 0.29) is 11.5 Å². The lowest BCUT2D eigenvalue weighted by atomic mass is 10.0. The van der Waals surface area contributed by atoms with E-state index >= 15 is 0 Å². The topological polar surface area (TPSA) is 62.2 Å². The second-order valence-electron chi connectivity index (χ2n) is 4.85. The largest absolute Gasteiger partial charge is 0.478 e. The molecule has 0 saturated carbocycles. The first-order valence-corrected chi connectivity index (χ1v) is 6.57. The predicted molar refractivity (Wildman–Crippen MR) is 79.3 cm³/mol. The second kappa shape index (κ2) is 6.19. The van der Waals surface area contributed by atoms with E-state index in [9.17, 15) is 9.90 Å². The molecule has 2 rings (SSSR count).